The van der Waals surface area contributed by atoms with Crippen molar-refractivity contribution in [3.63, 3.8) is 0 Å². The Kier molecular flexibility index (Phi) is 6.18. The molecule has 0 fully saturated rings. The van der Waals surface area contributed by atoms with Gasteiger partial charge in [0.25, 0.3) is 5.91 Å². The van der Waals surface area contributed by atoms with Crippen molar-refractivity contribution in [2.75, 3.05) is 25.1 Å². The zero-order chi connectivity index (χ0) is 20.9. The number of aryl methyl sites for hydroxylation is 2. The fraction of sp³-hybridized carbons (Fsp3) is 0.381. The van der Waals surface area contributed by atoms with Crippen molar-refractivity contribution in [1.29, 1.82) is 0 Å². The molecule has 8 nitrogen and oxygen atoms in total. The topological polar surface area (TPSA) is 103 Å². The summed E-state index contributed by atoms with van der Waals surface area (Å²) in [7, 11) is 0. The molecule has 2 N–H and O–H groups in total. The number of fused-ring (bicyclic) bond motifs is 2. The molecule has 0 spiro atoms. The number of urea groups is 1. The number of hydrogen-bond donors (Lipinski definition) is 2. The van der Waals surface area contributed by atoms with Crippen LogP contribution in [0.4, 0.5) is 10.5 Å². The van der Waals surface area contributed by atoms with Gasteiger partial charge in [-0.2, -0.15) is 0 Å². The molecule has 0 radical (unpaired) electrons. The van der Waals surface area contributed by atoms with Gasteiger partial charge < -0.3 is 19.5 Å². The third-order valence-electron chi connectivity index (χ3n) is 4.84. The number of thiophene rings is 1. The average molecular weight is 430 g/mol. The Labute approximate surface area is 177 Å². The first-order valence-corrected chi connectivity index (χ1v) is 10.7. The van der Waals surface area contributed by atoms with E-state index in [1.54, 1.807) is 18.2 Å². The van der Waals surface area contributed by atoms with Gasteiger partial charge in [0.1, 0.15) is 18.1 Å². The first-order chi connectivity index (χ1) is 14.6. The summed E-state index contributed by atoms with van der Waals surface area (Å²) in [5, 5.41) is 4.67. The van der Waals surface area contributed by atoms with E-state index in [1.807, 2.05) is 6.07 Å². The number of hydrogen-bond acceptors (Lipinski definition) is 7. The van der Waals surface area contributed by atoms with E-state index in [1.165, 1.54) is 28.2 Å². The van der Waals surface area contributed by atoms with Gasteiger partial charge in [0, 0.05) is 16.6 Å². The maximum Gasteiger partial charge on any atom is 0.348 e. The number of nitrogens with one attached hydrogen (secondary N) is 2. The van der Waals surface area contributed by atoms with Crippen molar-refractivity contribution < 1.29 is 28.6 Å². The Morgan fingerprint density at radius 3 is 2.67 bits per heavy atom. The van der Waals surface area contributed by atoms with Crippen LogP contribution in [0, 0.1) is 0 Å². The molecule has 0 bridgehead atoms. The van der Waals surface area contributed by atoms with Gasteiger partial charge in [0.15, 0.2) is 18.1 Å². The molecule has 9 heteroatoms. The van der Waals surface area contributed by atoms with E-state index in [2.05, 4.69) is 10.6 Å². The van der Waals surface area contributed by atoms with E-state index in [4.69, 9.17) is 14.2 Å². The predicted octanol–water partition coefficient (Wildman–Crippen LogP) is 3.29. The Morgan fingerprint density at radius 1 is 1.00 bits per heavy atom. The largest absolute Gasteiger partial charge is 0.486 e. The molecule has 1 aliphatic heterocycles. The number of amides is 3. The standard InChI is InChI=1S/C21H22N2O6S/c24-19(12-29-20(25)18-10-13-4-2-1-3-5-17(13)30-18)23-21(26)22-14-6-7-15-16(11-14)28-9-8-27-15/h6-7,10-11H,1-5,8-9,12H2,(H2,22,23,24,26). The highest BCUT2D eigenvalue weighted by atomic mass is 32.1. The smallest absolute Gasteiger partial charge is 0.348 e. The van der Waals surface area contributed by atoms with Crippen LogP contribution in [0.15, 0.2) is 24.3 Å². The van der Waals surface area contributed by atoms with Crippen LogP contribution < -0.4 is 20.1 Å². The third kappa shape index (κ3) is 4.91. The molecular weight excluding hydrogens is 408 g/mol. The Balaban J connectivity index is 1.25. The molecule has 1 aromatic heterocycles. The van der Waals surface area contributed by atoms with Crippen LogP contribution in [-0.2, 0) is 22.4 Å². The van der Waals surface area contributed by atoms with Crippen LogP contribution >= 0.6 is 11.3 Å². The second-order valence-corrected chi connectivity index (χ2v) is 8.19. The van der Waals surface area contributed by atoms with E-state index < -0.39 is 24.5 Å². The maximum absolute atomic E-state index is 12.2. The number of imide groups is 1. The first kappa shape index (κ1) is 20.2. The molecule has 1 aromatic carbocycles. The summed E-state index contributed by atoms with van der Waals surface area (Å²) in [4.78, 5) is 37.9. The van der Waals surface area contributed by atoms with Gasteiger partial charge in [0.2, 0.25) is 0 Å². The molecule has 30 heavy (non-hydrogen) atoms. The minimum atomic E-state index is -0.726. The fourth-order valence-corrected chi connectivity index (χ4v) is 4.56. The zero-order valence-electron chi connectivity index (χ0n) is 16.3. The summed E-state index contributed by atoms with van der Waals surface area (Å²) in [6.45, 7) is 0.372. The van der Waals surface area contributed by atoms with Gasteiger partial charge in [-0.1, -0.05) is 6.42 Å². The van der Waals surface area contributed by atoms with Gasteiger partial charge >= 0.3 is 12.0 Å². The van der Waals surface area contributed by atoms with Crippen molar-refractivity contribution in [2.24, 2.45) is 0 Å². The number of anilines is 1. The maximum atomic E-state index is 12.2. The Bertz CT molecular complexity index is 947. The van der Waals surface area contributed by atoms with E-state index in [9.17, 15) is 14.4 Å². The second-order valence-electron chi connectivity index (χ2n) is 7.06. The van der Waals surface area contributed by atoms with E-state index in [-0.39, 0.29) is 0 Å². The number of carbonyl (C=O) groups excluding carboxylic acids is 3. The number of esters is 1. The lowest BCUT2D eigenvalue weighted by Crippen LogP contribution is -2.37. The third-order valence-corrected chi connectivity index (χ3v) is 6.05. The van der Waals surface area contributed by atoms with Crippen molar-refractivity contribution >= 4 is 34.9 Å². The van der Waals surface area contributed by atoms with Crippen LogP contribution in [0.2, 0.25) is 0 Å². The normalized spacial score (nSPS) is 14.8. The summed E-state index contributed by atoms with van der Waals surface area (Å²) < 4.78 is 15.9. The van der Waals surface area contributed by atoms with Crippen LogP contribution in [-0.4, -0.2) is 37.7 Å². The lowest BCUT2D eigenvalue weighted by Gasteiger charge is -2.19. The number of benzene rings is 1. The van der Waals surface area contributed by atoms with Crippen molar-refractivity contribution in [2.45, 2.75) is 32.1 Å². The Hall–Kier alpha value is -3.07. The van der Waals surface area contributed by atoms with E-state index in [0.29, 0.717) is 35.3 Å². The summed E-state index contributed by atoms with van der Waals surface area (Å²) in [5.41, 5.74) is 1.65. The van der Waals surface area contributed by atoms with Gasteiger partial charge in [-0.25, -0.2) is 9.59 Å². The Morgan fingerprint density at radius 2 is 1.80 bits per heavy atom. The quantitative estimate of drug-likeness (QED) is 0.570. The van der Waals surface area contributed by atoms with Gasteiger partial charge in [-0.3, -0.25) is 10.1 Å². The van der Waals surface area contributed by atoms with Crippen molar-refractivity contribution in [3.05, 3.63) is 39.6 Å². The van der Waals surface area contributed by atoms with Crippen molar-refractivity contribution in [1.82, 2.24) is 5.32 Å². The predicted molar refractivity (Wildman–Crippen MR) is 110 cm³/mol. The molecule has 0 atom stereocenters. The number of ether oxygens (including phenoxy) is 3. The molecule has 4 rings (SSSR count). The molecule has 0 saturated carbocycles. The first-order valence-electron chi connectivity index (χ1n) is 9.88. The summed E-state index contributed by atoms with van der Waals surface area (Å²) in [5.74, 6) is -0.137. The minimum absolute atomic E-state index is 0.430. The molecule has 3 amide bonds. The highest BCUT2D eigenvalue weighted by Crippen LogP contribution is 2.32. The minimum Gasteiger partial charge on any atom is -0.486 e. The summed E-state index contributed by atoms with van der Waals surface area (Å²) in [6, 6.07) is 6.06. The fourth-order valence-electron chi connectivity index (χ4n) is 3.42. The average Bonchev–Trinajstić information content (AvgIpc) is 3.02. The van der Waals surface area contributed by atoms with Crippen molar-refractivity contribution in [3.8, 4) is 11.5 Å². The summed E-state index contributed by atoms with van der Waals surface area (Å²) in [6.07, 6.45) is 5.41. The molecule has 2 aliphatic rings. The molecule has 2 aromatic rings. The van der Waals surface area contributed by atoms with Gasteiger partial charge in [0.05, 0.1) is 0 Å². The highest BCUT2D eigenvalue weighted by Gasteiger charge is 2.19. The monoisotopic (exact) mass is 430 g/mol. The van der Waals surface area contributed by atoms with Crippen LogP contribution in [0.1, 0.15) is 39.4 Å². The van der Waals surface area contributed by atoms with Gasteiger partial charge in [-0.05, 0) is 49.4 Å². The van der Waals surface area contributed by atoms with Gasteiger partial charge in [-0.15, -0.1) is 11.3 Å². The number of rotatable bonds is 4. The van der Waals surface area contributed by atoms with Crippen LogP contribution in [0.3, 0.4) is 0 Å². The highest BCUT2D eigenvalue weighted by molar-refractivity contribution is 7.14. The molecule has 2 heterocycles. The molecular formula is C21H22N2O6S. The summed E-state index contributed by atoms with van der Waals surface area (Å²) >= 11 is 1.43. The van der Waals surface area contributed by atoms with Crippen LogP contribution in [0.5, 0.6) is 11.5 Å². The lowest BCUT2D eigenvalue weighted by molar-refractivity contribution is -0.123. The molecule has 1 aliphatic carbocycles. The molecule has 0 saturated heterocycles. The SMILES string of the molecule is O=C(COC(=O)c1cc2c(s1)CCCCC2)NC(=O)Nc1ccc2c(c1)OCCO2. The second kappa shape index (κ2) is 9.17. The lowest BCUT2D eigenvalue weighted by atomic mass is 10.1. The number of carbonyl (C=O) groups is 3. The molecule has 158 valence electrons. The van der Waals surface area contributed by atoms with E-state index >= 15 is 0 Å². The van der Waals surface area contributed by atoms with E-state index in [0.717, 1.165) is 25.7 Å². The molecule has 0 unspecified atom stereocenters. The van der Waals surface area contributed by atoms with Crippen LogP contribution in [0.25, 0.3) is 0 Å². The zero-order valence-corrected chi connectivity index (χ0v) is 17.1.